The number of amides is 1. The average Bonchev–Trinajstić information content (AvgIpc) is 3.08. The van der Waals surface area contributed by atoms with Crippen LogP contribution in [0.5, 0.6) is 0 Å². The number of rotatable bonds is 6. The Morgan fingerprint density at radius 3 is 2.83 bits per heavy atom. The highest BCUT2D eigenvalue weighted by Gasteiger charge is 2.32. The van der Waals surface area contributed by atoms with Crippen LogP contribution in [0.2, 0.25) is 0 Å². The van der Waals surface area contributed by atoms with Gasteiger partial charge in [-0.2, -0.15) is 0 Å². The molecule has 1 N–H and O–H groups in total. The summed E-state index contributed by atoms with van der Waals surface area (Å²) in [6, 6.07) is 0.430. The van der Waals surface area contributed by atoms with Crippen molar-refractivity contribution in [3.8, 4) is 0 Å². The van der Waals surface area contributed by atoms with Crippen LogP contribution in [0, 0.1) is 10.9 Å². The largest absolute Gasteiger partial charge is 0.383 e. The zero-order chi connectivity index (χ0) is 13.1. The molecule has 0 saturated heterocycles. The third-order valence-electron chi connectivity index (χ3n) is 3.08. The van der Waals surface area contributed by atoms with Gasteiger partial charge >= 0.3 is 0 Å². The van der Waals surface area contributed by atoms with Crippen LogP contribution >= 0.6 is 23.6 Å². The molecule has 0 unspecified atom stereocenters. The summed E-state index contributed by atoms with van der Waals surface area (Å²) in [6.07, 6.45) is 2.69. The van der Waals surface area contributed by atoms with Crippen molar-refractivity contribution in [2.24, 2.45) is 0 Å². The molecule has 0 spiro atoms. The number of nitrogens with one attached hydrogen (secondary N) is 1. The summed E-state index contributed by atoms with van der Waals surface area (Å²) in [6.45, 7) is 3.25. The van der Waals surface area contributed by atoms with E-state index in [2.05, 4.69) is 4.98 Å². The second kappa shape index (κ2) is 5.95. The van der Waals surface area contributed by atoms with Crippen molar-refractivity contribution >= 4 is 29.5 Å². The summed E-state index contributed by atoms with van der Waals surface area (Å²) in [5.74, 6) is 0.183. The van der Waals surface area contributed by atoms with Crippen LogP contribution in [-0.2, 0) is 16.0 Å². The topological polar surface area (TPSA) is 45.3 Å². The molecule has 6 heteroatoms. The zero-order valence-corrected chi connectivity index (χ0v) is 12.3. The predicted molar refractivity (Wildman–Crippen MR) is 74.6 cm³/mol. The van der Waals surface area contributed by atoms with Crippen molar-refractivity contribution in [1.82, 2.24) is 9.88 Å². The molecule has 2 rings (SSSR count). The van der Waals surface area contributed by atoms with E-state index in [9.17, 15) is 4.79 Å². The molecule has 1 heterocycles. The van der Waals surface area contributed by atoms with Gasteiger partial charge < -0.3 is 14.6 Å². The van der Waals surface area contributed by atoms with Crippen LogP contribution in [0.25, 0.3) is 0 Å². The number of carbonyl (C=O) groups is 1. The first-order chi connectivity index (χ1) is 8.61. The molecule has 0 radical (unpaired) electrons. The second-order valence-corrected chi connectivity index (χ2v) is 6.32. The number of aryl methyl sites for hydroxylation is 1. The number of aromatic nitrogens is 1. The number of nitrogens with zero attached hydrogens (tertiary/aromatic N) is 1. The van der Waals surface area contributed by atoms with Gasteiger partial charge in [0.1, 0.15) is 0 Å². The highest BCUT2D eigenvalue weighted by atomic mass is 32.1. The maximum absolute atomic E-state index is 12.3. The first-order valence-electron chi connectivity index (χ1n) is 6.09. The van der Waals surface area contributed by atoms with Crippen molar-refractivity contribution in [3.05, 3.63) is 14.5 Å². The van der Waals surface area contributed by atoms with E-state index in [0.29, 0.717) is 25.6 Å². The van der Waals surface area contributed by atoms with Gasteiger partial charge in [-0.15, -0.1) is 11.3 Å². The summed E-state index contributed by atoms with van der Waals surface area (Å²) in [5, 5.41) is 0. The minimum absolute atomic E-state index is 0.183. The number of hydrogen-bond donors (Lipinski definition) is 1. The number of methoxy groups -OCH3 is 1. The van der Waals surface area contributed by atoms with E-state index in [-0.39, 0.29) is 5.91 Å². The summed E-state index contributed by atoms with van der Waals surface area (Å²) in [5.41, 5.74) is 1.01. The molecule has 4 nitrogen and oxygen atoms in total. The van der Waals surface area contributed by atoms with Gasteiger partial charge in [0.05, 0.1) is 13.0 Å². The molecule has 0 atom stereocenters. The molecule has 100 valence electrons. The fourth-order valence-electron chi connectivity index (χ4n) is 1.93. The Kier molecular flexibility index (Phi) is 4.53. The minimum atomic E-state index is 0.183. The third kappa shape index (κ3) is 3.40. The minimum Gasteiger partial charge on any atom is -0.383 e. The van der Waals surface area contributed by atoms with Crippen LogP contribution in [0.15, 0.2) is 0 Å². The lowest BCUT2D eigenvalue weighted by Crippen LogP contribution is -2.36. The van der Waals surface area contributed by atoms with Gasteiger partial charge in [-0.05, 0) is 32.0 Å². The first-order valence-corrected chi connectivity index (χ1v) is 7.31. The van der Waals surface area contributed by atoms with Gasteiger partial charge in [-0.3, -0.25) is 4.79 Å². The van der Waals surface area contributed by atoms with Crippen LogP contribution in [-0.4, -0.2) is 42.1 Å². The van der Waals surface area contributed by atoms with Gasteiger partial charge in [0.2, 0.25) is 5.91 Å². The average molecular weight is 286 g/mol. The number of hydrogen-bond acceptors (Lipinski definition) is 4. The molecule has 1 amide bonds. The molecule has 1 saturated carbocycles. The van der Waals surface area contributed by atoms with Crippen LogP contribution in [0.3, 0.4) is 0 Å². The molecule has 1 aliphatic carbocycles. The normalized spacial score (nSPS) is 14.8. The molecule has 1 fully saturated rings. The van der Waals surface area contributed by atoms with Crippen LogP contribution < -0.4 is 0 Å². The Balaban J connectivity index is 2.00. The van der Waals surface area contributed by atoms with E-state index in [1.165, 1.54) is 11.3 Å². The van der Waals surface area contributed by atoms with Crippen molar-refractivity contribution in [2.75, 3.05) is 20.3 Å². The standard InChI is InChI=1S/C12H18N2O2S2/c1-8-10(18-12(17)13-8)7-11(15)14(5-6-16-2)9-3-4-9/h9H,3-7H2,1-2H3,(H,13,17). The molecule has 0 aliphatic heterocycles. The lowest BCUT2D eigenvalue weighted by atomic mass is 10.2. The van der Waals surface area contributed by atoms with E-state index < -0.39 is 0 Å². The number of carbonyl (C=O) groups excluding carboxylic acids is 1. The quantitative estimate of drug-likeness (QED) is 0.816. The van der Waals surface area contributed by atoms with E-state index in [4.69, 9.17) is 17.0 Å². The molecule has 1 aromatic heterocycles. The van der Waals surface area contributed by atoms with E-state index in [0.717, 1.165) is 27.4 Å². The number of ether oxygens (including phenoxy) is 1. The van der Waals surface area contributed by atoms with Crippen molar-refractivity contribution in [2.45, 2.75) is 32.2 Å². The maximum atomic E-state index is 12.3. The van der Waals surface area contributed by atoms with Gasteiger partial charge in [0.15, 0.2) is 3.95 Å². The molecular formula is C12H18N2O2S2. The van der Waals surface area contributed by atoms with Crippen LogP contribution in [0.4, 0.5) is 0 Å². The molecule has 18 heavy (non-hydrogen) atoms. The Hall–Kier alpha value is -0.720. The first kappa shape index (κ1) is 13.7. The predicted octanol–water partition coefficient (Wildman–Crippen LogP) is 2.29. The summed E-state index contributed by atoms with van der Waals surface area (Å²) in [7, 11) is 1.66. The molecular weight excluding hydrogens is 268 g/mol. The maximum Gasteiger partial charge on any atom is 0.228 e. The lowest BCUT2D eigenvalue weighted by molar-refractivity contribution is -0.131. The van der Waals surface area contributed by atoms with Gasteiger partial charge in [0.25, 0.3) is 0 Å². The lowest BCUT2D eigenvalue weighted by Gasteiger charge is -2.21. The molecule has 0 bridgehead atoms. The fourth-order valence-corrected chi connectivity index (χ4v) is 3.21. The number of aromatic amines is 1. The molecule has 1 aliphatic rings. The van der Waals surface area contributed by atoms with Crippen molar-refractivity contribution in [3.63, 3.8) is 0 Å². The highest BCUT2D eigenvalue weighted by molar-refractivity contribution is 7.73. The number of thiazole rings is 1. The second-order valence-electron chi connectivity index (χ2n) is 4.55. The number of H-pyrrole nitrogens is 1. The molecule has 1 aromatic rings. The SMILES string of the molecule is COCCN(C(=O)Cc1sc(=S)[nH]c1C)C1CC1. The van der Waals surface area contributed by atoms with Crippen molar-refractivity contribution in [1.29, 1.82) is 0 Å². The Bertz CT molecular complexity index is 477. The monoisotopic (exact) mass is 286 g/mol. The van der Waals surface area contributed by atoms with E-state index in [1.807, 2.05) is 11.8 Å². The highest BCUT2D eigenvalue weighted by Crippen LogP contribution is 2.28. The van der Waals surface area contributed by atoms with Crippen LogP contribution in [0.1, 0.15) is 23.4 Å². The van der Waals surface area contributed by atoms with E-state index in [1.54, 1.807) is 7.11 Å². The summed E-state index contributed by atoms with van der Waals surface area (Å²) >= 11 is 6.59. The van der Waals surface area contributed by atoms with E-state index >= 15 is 0 Å². The zero-order valence-electron chi connectivity index (χ0n) is 10.7. The van der Waals surface area contributed by atoms with Gasteiger partial charge in [-0.1, -0.05) is 0 Å². The molecule has 0 aromatic carbocycles. The Morgan fingerprint density at radius 1 is 1.61 bits per heavy atom. The van der Waals surface area contributed by atoms with Crippen molar-refractivity contribution < 1.29 is 9.53 Å². The van der Waals surface area contributed by atoms with Gasteiger partial charge in [0, 0.05) is 30.3 Å². The van der Waals surface area contributed by atoms with Gasteiger partial charge in [-0.25, -0.2) is 0 Å². The Labute approximate surface area is 116 Å². The fraction of sp³-hybridized carbons (Fsp3) is 0.667. The summed E-state index contributed by atoms with van der Waals surface area (Å²) in [4.78, 5) is 18.4. The summed E-state index contributed by atoms with van der Waals surface area (Å²) < 4.78 is 5.81. The Morgan fingerprint density at radius 2 is 2.33 bits per heavy atom. The third-order valence-corrected chi connectivity index (χ3v) is 4.42. The smallest absolute Gasteiger partial charge is 0.228 e.